The third kappa shape index (κ3) is 4.65. The van der Waals surface area contributed by atoms with Crippen LogP contribution in [0.25, 0.3) is 22.5 Å². The van der Waals surface area contributed by atoms with Crippen molar-refractivity contribution >= 4 is 28.4 Å². The van der Waals surface area contributed by atoms with Crippen molar-refractivity contribution in [3.8, 4) is 17.5 Å². The van der Waals surface area contributed by atoms with Gasteiger partial charge in [-0.15, -0.1) is 0 Å². The first kappa shape index (κ1) is 21.9. The van der Waals surface area contributed by atoms with Crippen molar-refractivity contribution in [3.05, 3.63) is 95.3 Å². The Morgan fingerprint density at radius 3 is 2.45 bits per heavy atom. The van der Waals surface area contributed by atoms with E-state index in [1.165, 1.54) is 5.39 Å². The van der Waals surface area contributed by atoms with Gasteiger partial charge in [-0.1, -0.05) is 30.3 Å². The Morgan fingerprint density at radius 1 is 1.03 bits per heavy atom. The quantitative estimate of drug-likeness (QED) is 0.290. The third-order valence-corrected chi connectivity index (χ3v) is 5.55. The second-order valence-electron chi connectivity index (χ2n) is 7.77. The number of carbonyl (C=O) groups is 1. The van der Waals surface area contributed by atoms with Crippen LogP contribution < -0.4 is 10.1 Å². The summed E-state index contributed by atoms with van der Waals surface area (Å²) >= 11 is 0. The number of anilines is 1. The predicted molar refractivity (Wildman–Crippen MR) is 133 cm³/mol. The van der Waals surface area contributed by atoms with E-state index in [-0.39, 0.29) is 5.57 Å². The number of nitrogens with zero attached hydrogens (tertiary/aromatic N) is 2. The SMILES string of the molecule is CCOc1ccc(NC(=O)/C(C#N)=C\c2cc(C)n(-c3ccc4ccccc4c3)c2C)cc1. The minimum Gasteiger partial charge on any atom is -0.494 e. The maximum absolute atomic E-state index is 12.7. The molecule has 0 saturated heterocycles. The van der Waals surface area contributed by atoms with Crippen molar-refractivity contribution in [1.82, 2.24) is 4.57 Å². The molecule has 4 aromatic rings. The lowest BCUT2D eigenvalue weighted by Gasteiger charge is -2.11. The average Bonchev–Trinajstić information content (AvgIpc) is 3.11. The molecule has 0 saturated carbocycles. The van der Waals surface area contributed by atoms with E-state index in [4.69, 9.17) is 4.74 Å². The summed E-state index contributed by atoms with van der Waals surface area (Å²) in [5.74, 6) is 0.282. The molecule has 0 spiro atoms. The molecule has 0 unspecified atom stereocenters. The fraction of sp³-hybridized carbons (Fsp3) is 0.143. The fourth-order valence-corrected chi connectivity index (χ4v) is 3.95. The highest BCUT2D eigenvalue weighted by atomic mass is 16.5. The van der Waals surface area contributed by atoms with Crippen LogP contribution >= 0.6 is 0 Å². The van der Waals surface area contributed by atoms with Gasteiger partial charge in [0.1, 0.15) is 17.4 Å². The largest absolute Gasteiger partial charge is 0.494 e. The minimum atomic E-state index is -0.447. The van der Waals surface area contributed by atoms with Crippen molar-refractivity contribution in [1.29, 1.82) is 5.26 Å². The van der Waals surface area contributed by atoms with Gasteiger partial charge in [0.2, 0.25) is 0 Å². The molecule has 4 rings (SSSR count). The zero-order chi connectivity index (χ0) is 23.4. The predicted octanol–water partition coefficient (Wildman–Crippen LogP) is 6.19. The molecule has 5 heteroatoms. The summed E-state index contributed by atoms with van der Waals surface area (Å²) < 4.78 is 7.56. The Bertz CT molecular complexity index is 1390. The van der Waals surface area contributed by atoms with Gasteiger partial charge in [-0.3, -0.25) is 4.79 Å². The van der Waals surface area contributed by atoms with Gasteiger partial charge in [0.05, 0.1) is 6.61 Å². The number of aryl methyl sites for hydroxylation is 1. The van der Waals surface area contributed by atoms with Gasteiger partial charge < -0.3 is 14.6 Å². The van der Waals surface area contributed by atoms with Crippen molar-refractivity contribution in [2.45, 2.75) is 20.8 Å². The second-order valence-corrected chi connectivity index (χ2v) is 7.77. The van der Waals surface area contributed by atoms with E-state index in [1.54, 1.807) is 30.3 Å². The Balaban J connectivity index is 1.61. The van der Waals surface area contributed by atoms with E-state index >= 15 is 0 Å². The van der Waals surface area contributed by atoms with Gasteiger partial charge in [0, 0.05) is 22.8 Å². The molecule has 0 bridgehead atoms. The van der Waals surface area contributed by atoms with Crippen LogP contribution in [0.15, 0.2) is 78.4 Å². The van der Waals surface area contributed by atoms with Gasteiger partial charge in [-0.2, -0.15) is 5.26 Å². The molecule has 0 fully saturated rings. The van der Waals surface area contributed by atoms with E-state index in [2.05, 4.69) is 40.2 Å². The standard InChI is InChI=1S/C28H25N3O2/c1-4-33-27-13-10-25(11-14-27)30-28(32)24(18-29)16-23-15-19(2)31(20(23)3)26-12-9-21-7-5-6-8-22(21)17-26/h5-17H,4H2,1-3H3,(H,30,32)/b24-16-. The first-order valence-electron chi connectivity index (χ1n) is 10.8. The number of rotatable bonds is 6. The Labute approximate surface area is 193 Å². The van der Waals surface area contributed by atoms with Crippen LogP contribution in [0.3, 0.4) is 0 Å². The molecule has 1 aromatic heterocycles. The summed E-state index contributed by atoms with van der Waals surface area (Å²) in [6.07, 6.45) is 1.64. The molecule has 33 heavy (non-hydrogen) atoms. The van der Waals surface area contributed by atoms with Gasteiger partial charge in [-0.25, -0.2) is 0 Å². The lowest BCUT2D eigenvalue weighted by molar-refractivity contribution is -0.112. The minimum absolute atomic E-state index is 0.0441. The molecule has 0 aliphatic heterocycles. The molecular formula is C28H25N3O2. The summed E-state index contributed by atoms with van der Waals surface area (Å²) in [7, 11) is 0. The number of benzene rings is 3. The van der Waals surface area contributed by atoms with E-state index in [1.807, 2.05) is 45.0 Å². The van der Waals surface area contributed by atoms with Crippen LogP contribution in [0.2, 0.25) is 0 Å². The summed E-state index contributed by atoms with van der Waals surface area (Å²) in [5.41, 5.74) is 4.51. The summed E-state index contributed by atoms with van der Waals surface area (Å²) in [6, 6.07) is 25.7. The molecule has 1 heterocycles. The average molecular weight is 436 g/mol. The van der Waals surface area contributed by atoms with Crippen LogP contribution in [0.1, 0.15) is 23.9 Å². The normalized spacial score (nSPS) is 11.3. The smallest absolute Gasteiger partial charge is 0.266 e. The summed E-state index contributed by atoms with van der Waals surface area (Å²) in [6.45, 7) is 6.50. The van der Waals surface area contributed by atoms with Gasteiger partial charge in [-0.05, 0) is 85.6 Å². The number of fused-ring (bicyclic) bond motifs is 1. The van der Waals surface area contributed by atoms with Gasteiger partial charge >= 0.3 is 0 Å². The third-order valence-electron chi connectivity index (χ3n) is 5.55. The van der Waals surface area contributed by atoms with Gasteiger partial charge in [0.15, 0.2) is 0 Å². The molecular weight excluding hydrogens is 410 g/mol. The molecule has 0 atom stereocenters. The number of amides is 1. The second kappa shape index (κ2) is 9.46. The van der Waals surface area contributed by atoms with E-state index in [0.717, 1.165) is 33.8 Å². The molecule has 1 N–H and O–H groups in total. The zero-order valence-electron chi connectivity index (χ0n) is 18.9. The number of nitriles is 1. The molecule has 0 aliphatic carbocycles. The van der Waals surface area contributed by atoms with Crippen LogP contribution in [0.5, 0.6) is 5.75 Å². The molecule has 3 aromatic carbocycles. The molecule has 1 amide bonds. The van der Waals surface area contributed by atoms with Crippen LogP contribution in [-0.2, 0) is 4.79 Å². The Hall–Kier alpha value is -4.30. The molecule has 5 nitrogen and oxygen atoms in total. The first-order chi connectivity index (χ1) is 16.0. The molecule has 0 radical (unpaired) electrons. The lowest BCUT2D eigenvalue weighted by atomic mass is 10.1. The monoisotopic (exact) mass is 435 g/mol. The first-order valence-corrected chi connectivity index (χ1v) is 10.8. The number of hydrogen-bond acceptors (Lipinski definition) is 3. The number of hydrogen-bond donors (Lipinski definition) is 1. The van der Waals surface area contributed by atoms with Crippen LogP contribution in [-0.4, -0.2) is 17.1 Å². The zero-order valence-corrected chi connectivity index (χ0v) is 18.9. The summed E-state index contributed by atoms with van der Waals surface area (Å²) in [5, 5.41) is 14.8. The fourth-order valence-electron chi connectivity index (χ4n) is 3.95. The number of aromatic nitrogens is 1. The topological polar surface area (TPSA) is 67.0 Å². The maximum Gasteiger partial charge on any atom is 0.266 e. The highest BCUT2D eigenvalue weighted by Crippen LogP contribution is 2.26. The van der Waals surface area contributed by atoms with E-state index < -0.39 is 5.91 Å². The van der Waals surface area contributed by atoms with Crippen molar-refractivity contribution in [2.24, 2.45) is 0 Å². The Morgan fingerprint density at radius 2 is 1.76 bits per heavy atom. The summed E-state index contributed by atoms with van der Waals surface area (Å²) in [4.78, 5) is 12.7. The Kier molecular flexibility index (Phi) is 6.28. The van der Waals surface area contributed by atoms with Crippen LogP contribution in [0.4, 0.5) is 5.69 Å². The van der Waals surface area contributed by atoms with E-state index in [0.29, 0.717) is 12.3 Å². The van der Waals surface area contributed by atoms with Crippen LogP contribution in [0, 0.1) is 25.2 Å². The highest BCUT2D eigenvalue weighted by Gasteiger charge is 2.14. The van der Waals surface area contributed by atoms with Gasteiger partial charge in [0.25, 0.3) is 5.91 Å². The molecule has 164 valence electrons. The number of nitrogens with one attached hydrogen (secondary N) is 1. The highest BCUT2D eigenvalue weighted by molar-refractivity contribution is 6.09. The maximum atomic E-state index is 12.7. The number of carbonyl (C=O) groups excluding carboxylic acids is 1. The van der Waals surface area contributed by atoms with E-state index in [9.17, 15) is 10.1 Å². The molecule has 0 aliphatic rings. The van der Waals surface area contributed by atoms with Crippen molar-refractivity contribution in [3.63, 3.8) is 0 Å². The van der Waals surface area contributed by atoms with Crippen molar-refractivity contribution in [2.75, 3.05) is 11.9 Å². The number of ether oxygens (including phenoxy) is 1. The van der Waals surface area contributed by atoms with Crippen molar-refractivity contribution < 1.29 is 9.53 Å². The lowest BCUT2D eigenvalue weighted by Crippen LogP contribution is -2.13.